The Labute approximate surface area is 214 Å². The summed E-state index contributed by atoms with van der Waals surface area (Å²) in [4.78, 5) is 24.6. The predicted molar refractivity (Wildman–Crippen MR) is 142 cm³/mol. The topological polar surface area (TPSA) is 61.8 Å². The van der Waals surface area contributed by atoms with Crippen molar-refractivity contribution in [1.29, 1.82) is 0 Å². The van der Waals surface area contributed by atoms with Crippen LogP contribution in [-0.4, -0.2) is 37.0 Å². The number of thioether (sulfide) groups is 1. The summed E-state index contributed by atoms with van der Waals surface area (Å²) in [5.41, 5.74) is 1.31. The van der Waals surface area contributed by atoms with Gasteiger partial charge in [-0.1, -0.05) is 64.6 Å². The smallest absolute Gasteiger partial charge is 0.330 e. The van der Waals surface area contributed by atoms with Crippen molar-refractivity contribution in [1.82, 2.24) is 0 Å². The summed E-state index contributed by atoms with van der Waals surface area (Å²) in [5, 5.41) is 0. The number of carbonyl (C=O) groups excluding carboxylic acids is 2. The molecule has 0 aromatic heterocycles. The maximum absolute atomic E-state index is 12.4. The van der Waals surface area contributed by atoms with Crippen LogP contribution in [0, 0.1) is 11.8 Å². The van der Waals surface area contributed by atoms with E-state index in [2.05, 4.69) is 46.4 Å². The van der Waals surface area contributed by atoms with Gasteiger partial charge < -0.3 is 14.2 Å². The van der Waals surface area contributed by atoms with Crippen molar-refractivity contribution in [2.45, 2.75) is 57.5 Å². The molecule has 0 N–H and O–H groups in total. The van der Waals surface area contributed by atoms with Gasteiger partial charge in [0.25, 0.3) is 0 Å². The van der Waals surface area contributed by atoms with E-state index in [1.165, 1.54) is 5.56 Å². The first-order valence-electron chi connectivity index (χ1n) is 12.2. The SMILES string of the molecule is C=CC(=O)OCCCC(=O)OC(COc1ccc(C(C(C)C)C(C)C)cc1)CSc1ccccc1. The first kappa shape index (κ1) is 28.5. The van der Waals surface area contributed by atoms with Gasteiger partial charge in [0.15, 0.2) is 0 Å². The lowest BCUT2D eigenvalue weighted by atomic mass is 9.80. The van der Waals surface area contributed by atoms with Gasteiger partial charge in [-0.15, -0.1) is 11.8 Å². The van der Waals surface area contributed by atoms with Crippen molar-refractivity contribution in [3.8, 4) is 5.75 Å². The normalized spacial score (nSPS) is 12.0. The van der Waals surface area contributed by atoms with Crippen LogP contribution in [0.2, 0.25) is 0 Å². The highest BCUT2D eigenvalue weighted by atomic mass is 32.2. The van der Waals surface area contributed by atoms with Crippen LogP contribution in [0.4, 0.5) is 0 Å². The molecule has 0 radical (unpaired) electrons. The van der Waals surface area contributed by atoms with Crippen LogP contribution in [0.15, 0.2) is 72.1 Å². The van der Waals surface area contributed by atoms with Gasteiger partial charge in [-0.2, -0.15) is 0 Å². The fourth-order valence-electron chi connectivity index (χ4n) is 4.03. The average Bonchev–Trinajstić information content (AvgIpc) is 2.84. The first-order valence-corrected chi connectivity index (χ1v) is 13.2. The zero-order chi connectivity index (χ0) is 25.6. The zero-order valence-corrected chi connectivity index (χ0v) is 22.1. The molecule has 0 aliphatic carbocycles. The molecule has 190 valence electrons. The second-order valence-corrected chi connectivity index (χ2v) is 10.2. The Balaban J connectivity index is 1.94. The minimum absolute atomic E-state index is 0.153. The van der Waals surface area contributed by atoms with Crippen molar-refractivity contribution in [3.05, 3.63) is 72.8 Å². The lowest BCUT2D eigenvalue weighted by Gasteiger charge is -2.25. The summed E-state index contributed by atoms with van der Waals surface area (Å²) >= 11 is 1.62. The lowest BCUT2D eigenvalue weighted by Crippen LogP contribution is -2.27. The second-order valence-electron chi connectivity index (χ2n) is 9.10. The minimum Gasteiger partial charge on any atom is -0.490 e. The van der Waals surface area contributed by atoms with Crippen LogP contribution in [0.1, 0.15) is 52.0 Å². The Morgan fingerprint density at radius 1 is 0.971 bits per heavy atom. The molecule has 0 saturated carbocycles. The van der Waals surface area contributed by atoms with E-state index < -0.39 is 12.1 Å². The Bertz CT molecular complexity index is 900. The molecule has 0 amide bonds. The Morgan fingerprint density at radius 2 is 1.63 bits per heavy atom. The number of benzene rings is 2. The summed E-state index contributed by atoms with van der Waals surface area (Å²) < 4.78 is 16.6. The average molecular weight is 499 g/mol. The van der Waals surface area contributed by atoms with Gasteiger partial charge in [0.2, 0.25) is 0 Å². The maximum Gasteiger partial charge on any atom is 0.330 e. The van der Waals surface area contributed by atoms with E-state index in [1.54, 1.807) is 11.8 Å². The van der Waals surface area contributed by atoms with Gasteiger partial charge in [0.1, 0.15) is 18.5 Å². The largest absolute Gasteiger partial charge is 0.490 e. The molecule has 2 aromatic rings. The van der Waals surface area contributed by atoms with Gasteiger partial charge in [-0.05, 0) is 54.0 Å². The molecular weight excluding hydrogens is 460 g/mol. The van der Waals surface area contributed by atoms with E-state index in [-0.39, 0.29) is 25.6 Å². The Hall–Kier alpha value is -2.73. The molecule has 2 rings (SSSR count). The van der Waals surface area contributed by atoms with Crippen molar-refractivity contribution >= 4 is 23.7 Å². The lowest BCUT2D eigenvalue weighted by molar-refractivity contribution is -0.150. The molecule has 0 heterocycles. The van der Waals surface area contributed by atoms with Crippen LogP contribution in [0.25, 0.3) is 0 Å². The highest BCUT2D eigenvalue weighted by Crippen LogP contribution is 2.32. The van der Waals surface area contributed by atoms with Crippen molar-refractivity contribution in [2.75, 3.05) is 19.0 Å². The second kappa shape index (κ2) is 15.3. The molecule has 0 bridgehead atoms. The van der Waals surface area contributed by atoms with Gasteiger partial charge in [-0.25, -0.2) is 4.79 Å². The number of ether oxygens (including phenoxy) is 3. The van der Waals surface area contributed by atoms with E-state index in [0.717, 1.165) is 16.7 Å². The van der Waals surface area contributed by atoms with E-state index in [1.807, 2.05) is 42.5 Å². The summed E-state index contributed by atoms with van der Waals surface area (Å²) in [6.45, 7) is 12.8. The molecule has 2 aromatic carbocycles. The summed E-state index contributed by atoms with van der Waals surface area (Å²) in [6.07, 6.45) is 1.25. The third kappa shape index (κ3) is 10.6. The van der Waals surface area contributed by atoms with Gasteiger partial charge in [0, 0.05) is 23.1 Å². The van der Waals surface area contributed by atoms with Crippen LogP contribution in [-0.2, 0) is 19.1 Å². The quantitative estimate of drug-likeness (QED) is 0.118. The molecule has 35 heavy (non-hydrogen) atoms. The molecule has 0 fully saturated rings. The highest BCUT2D eigenvalue weighted by molar-refractivity contribution is 7.99. The molecule has 0 aliphatic rings. The molecule has 0 saturated heterocycles. The van der Waals surface area contributed by atoms with Gasteiger partial charge >= 0.3 is 11.9 Å². The first-order chi connectivity index (χ1) is 16.8. The standard InChI is InChI=1S/C29H38O5S/c1-6-27(30)32-18-10-13-28(31)34-25(20-35-26-11-8-7-9-12-26)19-33-24-16-14-23(15-17-24)29(21(2)3)22(4)5/h6-9,11-12,14-17,21-22,25,29H,1,10,13,18-20H2,2-5H3. The van der Waals surface area contributed by atoms with Crippen LogP contribution in [0.3, 0.4) is 0 Å². The minimum atomic E-state index is -0.497. The number of esters is 2. The van der Waals surface area contributed by atoms with E-state index in [9.17, 15) is 9.59 Å². The molecule has 1 unspecified atom stereocenters. The van der Waals surface area contributed by atoms with Crippen molar-refractivity contribution in [2.24, 2.45) is 11.8 Å². The van der Waals surface area contributed by atoms with Crippen molar-refractivity contribution < 1.29 is 23.8 Å². The van der Waals surface area contributed by atoms with E-state index in [4.69, 9.17) is 14.2 Å². The van der Waals surface area contributed by atoms with Gasteiger partial charge in [0.05, 0.1) is 6.61 Å². The number of carbonyl (C=O) groups is 2. The van der Waals surface area contributed by atoms with Gasteiger partial charge in [-0.3, -0.25) is 4.79 Å². The molecule has 5 nitrogen and oxygen atoms in total. The highest BCUT2D eigenvalue weighted by Gasteiger charge is 2.20. The molecule has 1 atom stereocenters. The summed E-state index contributed by atoms with van der Waals surface area (Å²) in [6, 6.07) is 18.2. The Kier molecular flexibility index (Phi) is 12.5. The molecule has 6 heteroatoms. The van der Waals surface area contributed by atoms with Crippen LogP contribution in [0.5, 0.6) is 5.75 Å². The summed E-state index contributed by atoms with van der Waals surface area (Å²) in [5.74, 6) is 2.09. The molecule has 0 spiro atoms. The third-order valence-electron chi connectivity index (χ3n) is 5.55. The van der Waals surface area contributed by atoms with Crippen LogP contribution < -0.4 is 4.74 Å². The predicted octanol–water partition coefficient (Wildman–Crippen LogP) is 6.67. The fourth-order valence-corrected chi connectivity index (χ4v) is 4.92. The number of hydrogen-bond acceptors (Lipinski definition) is 6. The Morgan fingerprint density at radius 3 is 2.23 bits per heavy atom. The molecular formula is C29H38O5S. The third-order valence-corrected chi connectivity index (χ3v) is 6.69. The molecule has 0 aliphatic heterocycles. The summed E-state index contributed by atoms with van der Waals surface area (Å²) in [7, 11) is 0. The van der Waals surface area contributed by atoms with Crippen LogP contribution >= 0.6 is 11.8 Å². The fraction of sp³-hybridized carbons (Fsp3) is 0.448. The van der Waals surface area contributed by atoms with Crippen molar-refractivity contribution in [3.63, 3.8) is 0 Å². The monoisotopic (exact) mass is 498 g/mol. The van der Waals surface area contributed by atoms with E-state index >= 15 is 0 Å². The zero-order valence-electron chi connectivity index (χ0n) is 21.3. The number of hydrogen-bond donors (Lipinski definition) is 0. The maximum atomic E-state index is 12.4. The number of rotatable bonds is 15. The van der Waals surface area contributed by atoms with E-state index in [0.29, 0.717) is 29.9 Å².